The van der Waals surface area contributed by atoms with Crippen LogP contribution in [-0.2, 0) is 0 Å². The van der Waals surface area contributed by atoms with Gasteiger partial charge >= 0.3 is 0 Å². The molecule has 0 aliphatic rings. The molecule has 0 aliphatic heterocycles. The Hall–Kier alpha value is -7.56. The summed E-state index contributed by atoms with van der Waals surface area (Å²) in [5, 5.41) is 8.92. The van der Waals surface area contributed by atoms with Gasteiger partial charge in [0.1, 0.15) is 33.5 Å². The number of fused-ring (bicyclic) bond motifs is 10. The van der Waals surface area contributed by atoms with Crippen molar-refractivity contribution >= 4 is 93.7 Å². The zero-order chi connectivity index (χ0) is 36.7. The molecule has 0 fully saturated rings. The Bertz CT molecular complexity index is 3490. The number of hydrogen-bond donors (Lipinski definition) is 0. The Labute approximate surface area is 321 Å². The van der Waals surface area contributed by atoms with Crippen LogP contribution in [0.25, 0.3) is 98.8 Å². The Balaban J connectivity index is 0.974. The van der Waals surface area contributed by atoms with Crippen LogP contribution >= 0.6 is 0 Å². The van der Waals surface area contributed by atoms with E-state index in [0.29, 0.717) is 0 Å². The van der Waals surface area contributed by atoms with Crippen LogP contribution in [0.1, 0.15) is 0 Å². The van der Waals surface area contributed by atoms with Gasteiger partial charge in [-0.15, -0.1) is 0 Å². The number of rotatable bonds is 5. The van der Waals surface area contributed by atoms with E-state index >= 15 is 0 Å². The lowest BCUT2D eigenvalue weighted by Crippen LogP contribution is -2.10. The molecule has 0 spiro atoms. The van der Waals surface area contributed by atoms with Crippen LogP contribution in [0, 0.1) is 0 Å². The number of para-hydroxylation sites is 3. The summed E-state index contributed by atoms with van der Waals surface area (Å²) in [5.74, 6) is 0. The number of hydrogen-bond acceptors (Lipinski definition) is 4. The number of nitrogens with zero attached hydrogens (tertiary/aromatic N) is 1. The Kier molecular flexibility index (Phi) is 6.60. The highest BCUT2D eigenvalue weighted by molar-refractivity contribution is 6.15. The van der Waals surface area contributed by atoms with Gasteiger partial charge in [-0.05, 0) is 94.9 Å². The highest BCUT2D eigenvalue weighted by atomic mass is 16.3. The van der Waals surface area contributed by atoms with Crippen molar-refractivity contribution in [1.29, 1.82) is 0 Å². The normalized spacial score (nSPS) is 11.9. The first kappa shape index (κ1) is 30.9. The molecule has 0 saturated heterocycles. The fourth-order valence-corrected chi connectivity index (χ4v) is 8.69. The molecule has 12 aromatic rings. The molecule has 0 atom stereocenters. The molecule has 0 aliphatic carbocycles. The smallest absolute Gasteiger partial charge is 0.143 e. The molecule has 3 aromatic heterocycles. The molecule has 56 heavy (non-hydrogen) atoms. The second kappa shape index (κ2) is 12.0. The second-order valence-corrected chi connectivity index (χ2v) is 14.4. The van der Waals surface area contributed by atoms with Gasteiger partial charge < -0.3 is 18.2 Å². The van der Waals surface area contributed by atoms with Crippen molar-refractivity contribution in [2.45, 2.75) is 0 Å². The van der Waals surface area contributed by atoms with Crippen molar-refractivity contribution < 1.29 is 13.3 Å². The van der Waals surface area contributed by atoms with Crippen molar-refractivity contribution in [3.63, 3.8) is 0 Å². The van der Waals surface area contributed by atoms with E-state index in [0.717, 1.165) is 105 Å². The van der Waals surface area contributed by atoms with Gasteiger partial charge in [-0.2, -0.15) is 0 Å². The van der Waals surface area contributed by atoms with E-state index in [2.05, 4.69) is 175 Å². The maximum absolute atomic E-state index is 6.71. The van der Waals surface area contributed by atoms with Crippen LogP contribution in [0.5, 0.6) is 0 Å². The van der Waals surface area contributed by atoms with Crippen LogP contribution in [0.15, 0.2) is 201 Å². The van der Waals surface area contributed by atoms with Gasteiger partial charge in [0.2, 0.25) is 0 Å². The van der Waals surface area contributed by atoms with Gasteiger partial charge in [-0.1, -0.05) is 115 Å². The van der Waals surface area contributed by atoms with Gasteiger partial charge in [-0.3, -0.25) is 0 Å². The third-order valence-electron chi connectivity index (χ3n) is 11.3. The number of anilines is 3. The first-order chi connectivity index (χ1) is 27.7. The van der Waals surface area contributed by atoms with Crippen molar-refractivity contribution in [3.05, 3.63) is 188 Å². The predicted molar refractivity (Wildman–Crippen MR) is 231 cm³/mol. The van der Waals surface area contributed by atoms with Gasteiger partial charge in [0.05, 0.1) is 5.69 Å². The lowest BCUT2D eigenvalue weighted by molar-refractivity contribution is 0.668. The second-order valence-electron chi connectivity index (χ2n) is 14.4. The monoisotopic (exact) mass is 717 g/mol. The summed E-state index contributed by atoms with van der Waals surface area (Å²) in [5.41, 5.74) is 12.8. The van der Waals surface area contributed by atoms with Crippen LogP contribution in [0.4, 0.5) is 17.1 Å². The standard InChI is InChI=1S/C52H31NO3/c1-2-13-35(14-3-1)53(45-20-8-12-32-11-4-5-15-37(32)45)36-25-28-48-44(31-36)41-19-9-18-39(52(41)56-48)33-24-27-47-43(29-33)40-26-23-34(30-50(40)55-47)38-17-10-22-49-51(38)42-16-6-7-21-46(42)54-49/h1-31H. The molecule has 0 radical (unpaired) electrons. The van der Waals surface area contributed by atoms with Crippen LogP contribution in [0.3, 0.4) is 0 Å². The minimum atomic E-state index is 0.850. The first-order valence-electron chi connectivity index (χ1n) is 18.9. The Morgan fingerprint density at radius 2 is 0.964 bits per heavy atom. The molecule has 0 amide bonds. The first-order valence-corrected chi connectivity index (χ1v) is 18.9. The third-order valence-corrected chi connectivity index (χ3v) is 11.3. The fraction of sp³-hybridized carbons (Fsp3) is 0. The summed E-state index contributed by atoms with van der Waals surface area (Å²) in [6.45, 7) is 0. The molecule has 262 valence electrons. The van der Waals surface area contributed by atoms with Crippen molar-refractivity contribution in [2.75, 3.05) is 4.90 Å². The van der Waals surface area contributed by atoms with Crippen molar-refractivity contribution in [3.8, 4) is 22.3 Å². The quantitative estimate of drug-likeness (QED) is 0.178. The largest absolute Gasteiger partial charge is 0.456 e. The molecule has 12 rings (SSSR count). The SMILES string of the molecule is c1ccc(N(c2ccc3oc4c(-c5ccc6oc7cc(-c8cccc9oc%10ccccc%10c89)ccc7c6c5)cccc4c3c2)c2cccc3ccccc23)cc1. The van der Waals surface area contributed by atoms with E-state index in [9.17, 15) is 0 Å². The average Bonchev–Trinajstić information content (AvgIpc) is 3.95. The van der Waals surface area contributed by atoms with Crippen LogP contribution < -0.4 is 4.90 Å². The summed E-state index contributed by atoms with van der Waals surface area (Å²) >= 11 is 0. The molecular weight excluding hydrogens is 687 g/mol. The highest BCUT2D eigenvalue weighted by Crippen LogP contribution is 2.44. The number of benzene rings is 9. The zero-order valence-corrected chi connectivity index (χ0v) is 30.1. The Morgan fingerprint density at radius 3 is 1.91 bits per heavy atom. The molecule has 4 nitrogen and oxygen atoms in total. The average molecular weight is 718 g/mol. The summed E-state index contributed by atoms with van der Waals surface area (Å²) in [6, 6.07) is 66.0. The summed E-state index contributed by atoms with van der Waals surface area (Å²) in [4.78, 5) is 2.34. The molecular formula is C52H31NO3. The van der Waals surface area contributed by atoms with Gasteiger partial charge in [0.25, 0.3) is 0 Å². The maximum atomic E-state index is 6.71. The predicted octanol–water partition coefficient (Wildman–Crippen LogP) is 15.3. The van der Waals surface area contributed by atoms with Gasteiger partial charge in [0.15, 0.2) is 0 Å². The molecule has 0 unspecified atom stereocenters. The lowest BCUT2D eigenvalue weighted by Gasteiger charge is -2.26. The minimum Gasteiger partial charge on any atom is -0.456 e. The van der Waals surface area contributed by atoms with Gasteiger partial charge in [0, 0.05) is 54.6 Å². The minimum absolute atomic E-state index is 0.850. The summed E-state index contributed by atoms with van der Waals surface area (Å²) < 4.78 is 19.4. The molecule has 0 bridgehead atoms. The van der Waals surface area contributed by atoms with E-state index in [1.54, 1.807) is 0 Å². The topological polar surface area (TPSA) is 42.7 Å². The Morgan fingerprint density at radius 1 is 0.321 bits per heavy atom. The van der Waals surface area contributed by atoms with E-state index in [-0.39, 0.29) is 0 Å². The van der Waals surface area contributed by atoms with Crippen LogP contribution in [-0.4, -0.2) is 0 Å². The maximum Gasteiger partial charge on any atom is 0.143 e. The van der Waals surface area contributed by atoms with E-state index in [1.165, 1.54) is 10.8 Å². The van der Waals surface area contributed by atoms with E-state index in [4.69, 9.17) is 13.3 Å². The van der Waals surface area contributed by atoms with E-state index < -0.39 is 0 Å². The molecule has 9 aromatic carbocycles. The van der Waals surface area contributed by atoms with Crippen LogP contribution in [0.2, 0.25) is 0 Å². The summed E-state index contributed by atoms with van der Waals surface area (Å²) in [7, 11) is 0. The summed E-state index contributed by atoms with van der Waals surface area (Å²) in [6.07, 6.45) is 0. The molecule has 0 N–H and O–H groups in total. The van der Waals surface area contributed by atoms with E-state index in [1.807, 2.05) is 18.2 Å². The van der Waals surface area contributed by atoms with Crippen molar-refractivity contribution in [1.82, 2.24) is 0 Å². The third kappa shape index (κ3) is 4.66. The zero-order valence-electron chi connectivity index (χ0n) is 30.1. The molecule has 0 saturated carbocycles. The fourth-order valence-electron chi connectivity index (χ4n) is 8.69. The number of furan rings is 3. The molecule has 4 heteroatoms. The van der Waals surface area contributed by atoms with Crippen molar-refractivity contribution in [2.24, 2.45) is 0 Å². The lowest BCUT2D eigenvalue weighted by atomic mass is 9.97. The van der Waals surface area contributed by atoms with Gasteiger partial charge in [-0.25, -0.2) is 0 Å². The highest BCUT2D eigenvalue weighted by Gasteiger charge is 2.20. The molecule has 3 heterocycles.